The van der Waals surface area contributed by atoms with E-state index in [1.165, 1.54) is 6.26 Å². The van der Waals surface area contributed by atoms with Crippen LogP contribution in [0.25, 0.3) is 0 Å². The normalized spacial score (nSPS) is 12.4. The molecule has 1 aromatic rings. The Morgan fingerprint density at radius 1 is 1.71 bits per heavy atom. The van der Waals surface area contributed by atoms with E-state index in [1.807, 2.05) is 6.92 Å². The minimum Gasteiger partial charge on any atom is -0.446 e. The van der Waals surface area contributed by atoms with Crippen LogP contribution in [-0.2, 0) is 4.74 Å². The maximum Gasteiger partial charge on any atom is 0.273 e. The number of aromatic nitrogens is 1. The van der Waals surface area contributed by atoms with E-state index in [-0.39, 0.29) is 17.6 Å². The van der Waals surface area contributed by atoms with Crippen molar-refractivity contribution in [3.8, 4) is 0 Å². The Balaban J connectivity index is 2.31. The Kier molecular flexibility index (Phi) is 5.65. The lowest BCUT2D eigenvalue weighted by Crippen LogP contribution is -2.25. The first-order valence-corrected chi connectivity index (χ1v) is 5.72. The van der Waals surface area contributed by atoms with E-state index in [0.717, 1.165) is 6.42 Å². The van der Waals surface area contributed by atoms with Gasteiger partial charge in [0.1, 0.15) is 6.26 Å². The number of nitrogens with one attached hydrogen (secondary N) is 1. The van der Waals surface area contributed by atoms with Gasteiger partial charge in [-0.3, -0.25) is 4.79 Å². The number of ether oxygens (including phenoxy) is 1. The van der Waals surface area contributed by atoms with Crippen LogP contribution >= 0.6 is 0 Å². The van der Waals surface area contributed by atoms with Crippen LogP contribution in [0.4, 0.5) is 0 Å². The third-order valence-corrected chi connectivity index (χ3v) is 2.10. The summed E-state index contributed by atoms with van der Waals surface area (Å²) >= 11 is 0. The first-order valence-electron chi connectivity index (χ1n) is 5.72. The summed E-state index contributed by atoms with van der Waals surface area (Å²) in [4.78, 5) is 15.6. The summed E-state index contributed by atoms with van der Waals surface area (Å²) in [7, 11) is 0. The molecule has 96 valence electrons. The molecule has 1 heterocycles. The van der Waals surface area contributed by atoms with Gasteiger partial charge in [-0.15, -0.1) is 0 Å². The molecule has 0 saturated carbocycles. The Labute approximate surface area is 101 Å². The second-order valence-corrected chi connectivity index (χ2v) is 3.67. The highest BCUT2D eigenvalue weighted by Gasteiger charge is 2.13. The molecule has 1 rings (SSSR count). The van der Waals surface area contributed by atoms with Gasteiger partial charge in [0.05, 0.1) is 6.04 Å². The molecule has 0 radical (unpaired) electrons. The number of oxazole rings is 1. The van der Waals surface area contributed by atoms with E-state index in [4.69, 9.17) is 14.9 Å². The maximum absolute atomic E-state index is 11.6. The fourth-order valence-electron chi connectivity index (χ4n) is 1.21. The Morgan fingerprint density at radius 2 is 2.47 bits per heavy atom. The van der Waals surface area contributed by atoms with E-state index in [0.29, 0.717) is 25.6 Å². The van der Waals surface area contributed by atoms with Crippen molar-refractivity contribution in [1.29, 1.82) is 0 Å². The summed E-state index contributed by atoms with van der Waals surface area (Å²) < 4.78 is 10.2. The zero-order chi connectivity index (χ0) is 12.7. The van der Waals surface area contributed by atoms with Gasteiger partial charge in [-0.2, -0.15) is 0 Å². The number of carbonyl (C=O) groups excluding carboxylic acids is 1. The molecule has 0 aliphatic rings. The number of hydrogen-bond donors (Lipinski definition) is 2. The average molecular weight is 241 g/mol. The van der Waals surface area contributed by atoms with Crippen LogP contribution < -0.4 is 11.1 Å². The van der Waals surface area contributed by atoms with Gasteiger partial charge in [0.2, 0.25) is 5.89 Å². The zero-order valence-electron chi connectivity index (χ0n) is 10.2. The monoisotopic (exact) mass is 241 g/mol. The lowest BCUT2D eigenvalue weighted by molar-refractivity contribution is 0.0939. The molecule has 1 atom stereocenters. The second kappa shape index (κ2) is 7.03. The largest absolute Gasteiger partial charge is 0.446 e. The topological polar surface area (TPSA) is 90.4 Å². The molecule has 0 spiro atoms. The number of carbonyl (C=O) groups is 1. The van der Waals surface area contributed by atoms with Crippen molar-refractivity contribution in [2.75, 3.05) is 19.8 Å². The quantitative estimate of drug-likeness (QED) is 0.691. The summed E-state index contributed by atoms with van der Waals surface area (Å²) in [6.45, 7) is 5.56. The summed E-state index contributed by atoms with van der Waals surface area (Å²) in [5.74, 6) is 0.113. The number of rotatable bonds is 7. The van der Waals surface area contributed by atoms with E-state index >= 15 is 0 Å². The molecule has 0 aliphatic carbocycles. The first kappa shape index (κ1) is 13.7. The molecular weight excluding hydrogens is 222 g/mol. The molecule has 17 heavy (non-hydrogen) atoms. The molecule has 0 aliphatic heterocycles. The summed E-state index contributed by atoms with van der Waals surface area (Å²) in [6.07, 6.45) is 2.09. The van der Waals surface area contributed by atoms with E-state index in [9.17, 15) is 4.79 Å². The van der Waals surface area contributed by atoms with E-state index < -0.39 is 0 Å². The fourth-order valence-corrected chi connectivity index (χ4v) is 1.21. The van der Waals surface area contributed by atoms with Crippen molar-refractivity contribution >= 4 is 5.91 Å². The van der Waals surface area contributed by atoms with Gasteiger partial charge < -0.3 is 20.2 Å². The van der Waals surface area contributed by atoms with Crippen molar-refractivity contribution in [3.05, 3.63) is 17.8 Å². The van der Waals surface area contributed by atoms with E-state index in [1.54, 1.807) is 6.92 Å². The summed E-state index contributed by atoms with van der Waals surface area (Å²) in [5.41, 5.74) is 5.84. The van der Waals surface area contributed by atoms with Crippen molar-refractivity contribution < 1.29 is 13.9 Å². The molecule has 6 heteroatoms. The van der Waals surface area contributed by atoms with Crippen LogP contribution in [0.3, 0.4) is 0 Å². The summed E-state index contributed by atoms with van der Waals surface area (Å²) in [5, 5.41) is 2.73. The van der Waals surface area contributed by atoms with Gasteiger partial charge in [0.25, 0.3) is 5.91 Å². The maximum atomic E-state index is 11.6. The molecule has 1 aromatic heterocycles. The lowest BCUT2D eigenvalue weighted by atomic mass is 10.3. The van der Waals surface area contributed by atoms with Gasteiger partial charge in [-0.05, 0) is 20.3 Å². The Bertz CT molecular complexity index is 349. The van der Waals surface area contributed by atoms with Crippen LogP contribution in [-0.4, -0.2) is 30.6 Å². The van der Waals surface area contributed by atoms with Crippen molar-refractivity contribution in [2.24, 2.45) is 5.73 Å². The van der Waals surface area contributed by atoms with Gasteiger partial charge in [0.15, 0.2) is 5.69 Å². The predicted molar refractivity (Wildman–Crippen MR) is 62.5 cm³/mol. The Hall–Kier alpha value is -1.40. The predicted octanol–water partition coefficient (Wildman–Crippen LogP) is 0.851. The van der Waals surface area contributed by atoms with Gasteiger partial charge in [-0.25, -0.2) is 4.98 Å². The van der Waals surface area contributed by atoms with Crippen molar-refractivity contribution in [1.82, 2.24) is 10.3 Å². The third-order valence-electron chi connectivity index (χ3n) is 2.10. The number of nitrogens with two attached hydrogens (primary N) is 1. The second-order valence-electron chi connectivity index (χ2n) is 3.67. The molecular formula is C11H19N3O3. The van der Waals surface area contributed by atoms with Crippen LogP contribution in [0.1, 0.15) is 42.7 Å². The van der Waals surface area contributed by atoms with Crippen LogP contribution in [0.5, 0.6) is 0 Å². The summed E-state index contributed by atoms with van der Waals surface area (Å²) in [6, 6.07) is -0.311. The average Bonchev–Trinajstić information content (AvgIpc) is 2.78. The molecule has 3 N–H and O–H groups in total. The number of nitrogens with zero attached hydrogens (tertiary/aromatic N) is 1. The molecule has 1 unspecified atom stereocenters. The molecule has 1 amide bonds. The Morgan fingerprint density at radius 3 is 3.06 bits per heavy atom. The first-order chi connectivity index (χ1) is 8.15. The third kappa shape index (κ3) is 4.54. The number of hydrogen-bond acceptors (Lipinski definition) is 5. The highest BCUT2D eigenvalue weighted by Crippen LogP contribution is 2.08. The van der Waals surface area contributed by atoms with Crippen LogP contribution in [0, 0.1) is 0 Å². The van der Waals surface area contributed by atoms with Crippen molar-refractivity contribution in [3.63, 3.8) is 0 Å². The number of amides is 1. The van der Waals surface area contributed by atoms with Crippen LogP contribution in [0.15, 0.2) is 10.7 Å². The van der Waals surface area contributed by atoms with E-state index in [2.05, 4.69) is 10.3 Å². The smallest absolute Gasteiger partial charge is 0.273 e. The highest BCUT2D eigenvalue weighted by atomic mass is 16.5. The SMILES string of the molecule is CCOCCCNC(=O)c1coc(C(C)N)n1. The minimum atomic E-state index is -0.311. The minimum absolute atomic E-state index is 0.253. The standard InChI is InChI=1S/C11H19N3O3/c1-3-16-6-4-5-13-10(15)9-7-17-11(14-9)8(2)12/h7-8H,3-6,12H2,1-2H3,(H,13,15). The lowest BCUT2D eigenvalue weighted by Gasteiger charge is -2.02. The zero-order valence-corrected chi connectivity index (χ0v) is 10.2. The van der Waals surface area contributed by atoms with Gasteiger partial charge in [-0.1, -0.05) is 0 Å². The fraction of sp³-hybridized carbons (Fsp3) is 0.636. The van der Waals surface area contributed by atoms with Gasteiger partial charge >= 0.3 is 0 Å². The molecule has 0 saturated heterocycles. The highest BCUT2D eigenvalue weighted by molar-refractivity contribution is 5.91. The molecule has 0 fully saturated rings. The van der Waals surface area contributed by atoms with Crippen molar-refractivity contribution in [2.45, 2.75) is 26.3 Å². The molecule has 0 aromatic carbocycles. The van der Waals surface area contributed by atoms with Crippen LogP contribution in [0.2, 0.25) is 0 Å². The van der Waals surface area contributed by atoms with Gasteiger partial charge in [0, 0.05) is 19.8 Å². The molecule has 0 bridgehead atoms. The molecule has 6 nitrogen and oxygen atoms in total.